The fourth-order valence-electron chi connectivity index (χ4n) is 4.72. The van der Waals surface area contributed by atoms with E-state index in [4.69, 9.17) is 0 Å². The molecule has 126 valence electrons. The molecule has 1 aliphatic carbocycles. The van der Waals surface area contributed by atoms with Gasteiger partial charge in [0, 0.05) is 43.2 Å². The van der Waals surface area contributed by atoms with Crippen molar-refractivity contribution in [2.75, 3.05) is 0 Å². The summed E-state index contributed by atoms with van der Waals surface area (Å²) in [5.74, 6) is -2.63. The third-order valence-electron chi connectivity index (χ3n) is 5.93. The van der Waals surface area contributed by atoms with Gasteiger partial charge in [-0.25, -0.2) is 8.78 Å². The Kier molecular flexibility index (Phi) is 3.65. The standard InChI is InChI=1S/C17H23F2N3O/c18-17(19)6-4-12(5-7-17)16(23)22-13-2-3-14(22)11-15(10-13)21-9-1-8-20-21/h1,8-9,12-15H,2-7,10-11H2. The summed E-state index contributed by atoms with van der Waals surface area (Å²) in [6.45, 7) is 0. The number of hydrogen-bond acceptors (Lipinski definition) is 2. The van der Waals surface area contributed by atoms with Gasteiger partial charge >= 0.3 is 0 Å². The van der Waals surface area contributed by atoms with E-state index in [0.717, 1.165) is 25.7 Å². The van der Waals surface area contributed by atoms with E-state index in [1.165, 1.54) is 0 Å². The molecular formula is C17H23F2N3O. The number of nitrogens with zero attached hydrogens (tertiary/aromatic N) is 3. The number of fused-ring (bicyclic) bond motifs is 2. The number of carbonyl (C=O) groups is 1. The number of carbonyl (C=O) groups excluding carboxylic acids is 1. The average Bonchev–Trinajstić information content (AvgIpc) is 3.13. The van der Waals surface area contributed by atoms with Crippen LogP contribution in [0.15, 0.2) is 18.5 Å². The lowest BCUT2D eigenvalue weighted by Crippen LogP contribution is -2.50. The molecule has 2 aliphatic heterocycles. The molecule has 2 atom stereocenters. The second kappa shape index (κ2) is 5.56. The van der Waals surface area contributed by atoms with Crippen LogP contribution in [0.2, 0.25) is 0 Å². The van der Waals surface area contributed by atoms with Gasteiger partial charge in [-0.1, -0.05) is 0 Å². The smallest absolute Gasteiger partial charge is 0.248 e. The van der Waals surface area contributed by atoms with Gasteiger partial charge in [0.2, 0.25) is 11.8 Å². The van der Waals surface area contributed by atoms with Gasteiger partial charge < -0.3 is 4.90 Å². The highest BCUT2D eigenvalue weighted by atomic mass is 19.3. The summed E-state index contributed by atoms with van der Waals surface area (Å²) in [5.41, 5.74) is 0. The molecule has 23 heavy (non-hydrogen) atoms. The molecule has 0 spiro atoms. The zero-order chi connectivity index (χ0) is 16.0. The quantitative estimate of drug-likeness (QED) is 0.836. The summed E-state index contributed by atoms with van der Waals surface area (Å²) in [6, 6.07) is 2.82. The fraction of sp³-hybridized carbons (Fsp3) is 0.765. The zero-order valence-electron chi connectivity index (χ0n) is 13.2. The lowest BCUT2D eigenvalue weighted by atomic mass is 9.84. The van der Waals surface area contributed by atoms with E-state index < -0.39 is 5.92 Å². The Morgan fingerprint density at radius 2 is 1.70 bits per heavy atom. The van der Waals surface area contributed by atoms with Gasteiger partial charge in [-0.05, 0) is 44.6 Å². The SMILES string of the molecule is O=C(C1CCC(F)(F)CC1)N1C2CCC1CC(n1cccn1)C2. The molecule has 1 saturated carbocycles. The van der Waals surface area contributed by atoms with Crippen LogP contribution in [-0.4, -0.2) is 38.6 Å². The second-order valence-corrected chi connectivity index (χ2v) is 7.37. The molecule has 6 heteroatoms. The normalized spacial score (nSPS) is 33.8. The molecule has 0 radical (unpaired) electrons. The highest BCUT2D eigenvalue weighted by Crippen LogP contribution is 2.43. The molecule has 2 bridgehead atoms. The number of aromatic nitrogens is 2. The van der Waals surface area contributed by atoms with Crippen LogP contribution >= 0.6 is 0 Å². The monoisotopic (exact) mass is 323 g/mol. The van der Waals surface area contributed by atoms with E-state index >= 15 is 0 Å². The number of amides is 1. The van der Waals surface area contributed by atoms with Crippen molar-refractivity contribution in [2.45, 2.75) is 75.4 Å². The number of halogens is 2. The summed E-state index contributed by atoms with van der Waals surface area (Å²) in [5, 5.41) is 4.34. The largest absolute Gasteiger partial charge is 0.336 e. The van der Waals surface area contributed by atoms with Gasteiger partial charge in [0.25, 0.3) is 0 Å². The maximum absolute atomic E-state index is 13.3. The predicted octanol–water partition coefficient (Wildman–Crippen LogP) is 3.40. The van der Waals surface area contributed by atoms with Crippen molar-refractivity contribution in [1.82, 2.24) is 14.7 Å². The van der Waals surface area contributed by atoms with Gasteiger partial charge in [0.05, 0.1) is 6.04 Å². The van der Waals surface area contributed by atoms with Crippen LogP contribution in [0, 0.1) is 5.92 Å². The molecule has 2 unspecified atom stereocenters. The average molecular weight is 323 g/mol. The van der Waals surface area contributed by atoms with Gasteiger partial charge in [0.15, 0.2) is 0 Å². The molecule has 3 heterocycles. The van der Waals surface area contributed by atoms with E-state index in [1.54, 1.807) is 6.20 Å². The molecule has 4 rings (SSSR count). The Morgan fingerprint density at radius 1 is 1.04 bits per heavy atom. The first-order valence-corrected chi connectivity index (χ1v) is 8.73. The fourth-order valence-corrected chi connectivity index (χ4v) is 4.72. The third-order valence-corrected chi connectivity index (χ3v) is 5.93. The Labute approximate surface area is 134 Å². The Balaban J connectivity index is 1.44. The maximum Gasteiger partial charge on any atom is 0.248 e. The first-order valence-electron chi connectivity index (χ1n) is 8.73. The highest BCUT2D eigenvalue weighted by Gasteiger charge is 2.47. The Bertz CT molecular complexity index is 550. The van der Waals surface area contributed by atoms with Crippen LogP contribution in [0.25, 0.3) is 0 Å². The van der Waals surface area contributed by atoms with E-state index in [0.29, 0.717) is 18.9 Å². The van der Waals surface area contributed by atoms with Crippen molar-refractivity contribution in [2.24, 2.45) is 5.92 Å². The molecule has 1 aromatic rings. The molecule has 0 aromatic carbocycles. The van der Waals surface area contributed by atoms with Crippen molar-refractivity contribution in [3.63, 3.8) is 0 Å². The lowest BCUT2D eigenvalue weighted by Gasteiger charge is -2.41. The van der Waals surface area contributed by atoms with Gasteiger partial charge in [-0.2, -0.15) is 5.10 Å². The minimum Gasteiger partial charge on any atom is -0.336 e. The van der Waals surface area contributed by atoms with Gasteiger partial charge in [-0.3, -0.25) is 9.48 Å². The summed E-state index contributed by atoms with van der Waals surface area (Å²) >= 11 is 0. The number of alkyl halides is 2. The van der Waals surface area contributed by atoms with Gasteiger partial charge in [-0.15, -0.1) is 0 Å². The van der Waals surface area contributed by atoms with E-state index in [-0.39, 0.29) is 36.8 Å². The van der Waals surface area contributed by atoms with Crippen LogP contribution in [0.5, 0.6) is 0 Å². The number of hydrogen-bond donors (Lipinski definition) is 0. The topological polar surface area (TPSA) is 38.1 Å². The highest BCUT2D eigenvalue weighted by molar-refractivity contribution is 5.80. The van der Waals surface area contributed by atoms with Crippen molar-refractivity contribution in [3.05, 3.63) is 18.5 Å². The second-order valence-electron chi connectivity index (χ2n) is 7.37. The minimum atomic E-state index is -2.57. The van der Waals surface area contributed by atoms with Crippen LogP contribution in [0.3, 0.4) is 0 Å². The van der Waals surface area contributed by atoms with Crippen LogP contribution in [0.1, 0.15) is 57.4 Å². The third kappa shape index (κ3) is 2.76. The van der Waals surface area contributed by atoms with Crippen molar-refractivity contribution in [3.8, 4) is 0 Å². The molecule has 4 nitrogen and oxygen atoms in total. The number of rotatable bonds is 2. The molecule has 2 saturated heterocycles. The molecular weight excluding hydrogens is 300 g/mol. The van der Waals surface area contributed by atoms with E-state index in [2.05, 4.69) is 5.10 Å². The molecule has 1 aromatic heterocycles. The first-order chi connectivity index (χ1) is 11.0. The van der Waals surface area contributed by atoms with Crippen LogP contribution < -0.4 is 0 Å². The van der Waals surface area contributed by atoms with E-state index in [1.807, 2.05) is 21.8 Å². The molecule has 3 aliphatic rings. The number of piperidine rings is 1. The summed E-state index contributed by atoms with van der Waals surface area (Å²) in [7, 11) is 0. The van der Waals surface area contributed by atoms with Crippen molar-refractivity contribution in [1.29, 1.82) is 0 Å². The van der Waals surface area contributed by atoms with E-state index in [9.17, 15) is 13.6 Å². The molecule has 3 fully saturated rings. The first kappa shape index (κ1) is 15.1. The lowest BCUT2D eigenvalue weighted by molar-refractivity contribution is -0.144. The summed E-state index contributed by atoms with van der Waals surface area (Å²) in [6.07, 6.45) is 8.14. The molecule has 0 N–H and O–H groups in total. The predicted molar refractivity (Wildman–Crippen MR) is 81.1 cm³/mol. The van der Waals surface area contributed by atoms with Crippen molar-refractivity contribution >= 4 is 5.91 Å². The Hall–Kier alpha value is -1.46. The minimum absolute atomic E-state index is 0.131. The van der Waals surface area contributed by atoms with Crippen LogP contribution in [-0.2, 0) is 4.79 Å². The van der Waals surface area contributed by atoms with Crippen molar-refractivity contribution < 1.29 is 13.6 Å². The Morgan fingerprint density at radius 3 is 2.26 bits per heavy atom. The van der Waals surface area contributed by atoms with Gasteiger partial charge in [0.1, 0.15) is 0 Å². The molecule has 1 amide bonds. The summed E-state index contributed by atoms with van der Waals surface area (Å²) in [4.78, 5) is 14.9. The zero-order valence-corrected chi connectivity index (χ0v) is 13.2. The summed E-state index contributed by atoms with van der Waals surface area (Å²) < 4.78 is 28.7. The maximum atomic E-state index is 13.3. The van der Waals surface area contributed by atoms with Crippen LogP contribution in [0.4, 0.5) is 8.78 Å².